The number of nitrogens with one attached hydrogen (secondary N) is 1. The molecule has 0 radical (unpaired) electrons. The van der Waals surface area contributed by atoms with Crippen molar-refractivity contribution in [3.05, 3.63) is 23.0 Å². The van der Waals surface area contributed by atoms with Crippen LogP contribution in [-0.2, 0) is 4.74 Å². The van der Waals surface area contributed by atoms with Gasteiger partial charge in [0.2, 0.25) is 0 Å². The zero-order valence-electron chi connectivity index (χ0n) is 12.3. The van der Waals surface area contributed by atoms with Gasteiger partial charge in [-0.25, -0.2) is 4.98 Å². The van der Waals surface area contributed by atoms with Crippen LogP contribution >= 0.6 is 0 Å². The van der Waals surface area contributed by atoms with E-state index in [0.717, 1.165) is 0 Å². The van der Waals surface area contributed by atoms with Gasteiger partial charge in [-0.2, -0.15) is 0 Å². The standard InChI is InChI=1S/C14H19N3O4/c1-8-6-11(12-9(2)17-21-14(12)16-8)13(19)15-5-4-10(18)7-20-3/h6,10,18H,4-5,7H2,1-3H3,(H,15,19). The SMILES string of the molecule is COCC(O)CCNC(=O)c1cc(C)nc2onc(C)c12. The molecule has 1 amide bonds. The maximum Gasteiger partial charge on any atom is 0.258 e. The number of aliphatic hydroxyl groups excluding tert-OH is 1. The summed E-state index contributed by atoms with van der Waals surface area (Å²) in [6.45, 7) is 4.16. The van der Waals surface area contributed by atoms with Gasteiger partial charge < -0.3 is 19.7 Å². The number of methoxy groups -OCH3 is 1. The number of aromatic nitrogens is 2. The molecule has 1 atom stereocenters. The third-order valence-corrected chi connectivity index (χ3v) is 3.11. The van der Waals surface area contributed by atoms with E-state index in [2.05, 4.69) is 15.5 Å². The van der Waals surface area contributed by atoms with Crippen molar-refractivity contribution in [3.63, 3.8) is 0 Å². The molecule has 0 fully saturated rings. The van der Waals surface area contributed by atoms with E-state index in [1.807, 2.05) is 0 Å². The highest BCUT2D eigenvalue weighted by Crippen LogP contribution is 2.21. The fourth-order valence-corrected chi connectivity index (χ4v) is 2.12. The van der Waals surface area contributed by atoms with E-state index in [4.69, 9.17) is 9.26 Å². The van der Waals surface area contributed by atoms with Crippen molar-refractivity contribution in [1.82, 2.24) is 15.5 Å². The fourth-order valence-electron chi connectivity index (χ4n) is 2.12. The molecule has 0 saturated heterocycles. The van der Waals surface area contributed by atoms with Crippen LogP contribution in [0.1, 0.15) is 28.2 Å². The second-order valence-corrected chi connectivity index (χ2v) is 4.91. The average molecular weight is 293 g/mol. The Hall–Kier alpha value is -1.99. The summed E-state index contributed by atoms with van der Waals surface area (Å²) in [4.78, 5) is 16.5. The van der Waals surface area contributed by atoms with Crippen LogP contribution in [0.3, 0.4) is 0 Å². The van der Waals surface area contributed by atoms with E-state index in [1.165, 1.54) is 7.11 Å². The monoisotopic (exact) mass is 293 g/mol. The highest BCUT2D eigenvalue weighted by molar-refractivity contribution is 6.05. The van der Waals surface area contributed by atoms with Gasteiger partial charge >= 0.3 is 0 Å². The van der Waals surface area contributed by atoms with Gasteiger partial charge in [0, 0.05) is 19.3 Å². The Kier molecular flexibility index (Phi) is 4.87. The first-order valence-corrected chi connectivity index (χ1v) is 6.71. The normalized spacial score (nSPS) is 12.6. The summed E-state index contributed by atoms with van der Waals surface area (Å²) >= 11 is 0. The summed E-state index contributed by atoms with van der Waals surface area (Å²) in [6.07, 6.45) is -0.165. The molecular weight excluding hydrogens is 274 g/mol. The molecule has 0 aliphatic heterocycles. The molecule has 2 aromatic heterocycles. The number of amides is 1. The second-order valence-electron chi connectivity index (χ2n) is 4.91. The van der Waals surface area contributed by atoms with Gasteiger partial charge in [0.25, 0.3) is 11.6 Å². The van der Waals surface area contributed by atoms with Crippen LogP contribution in [0, 0.1) is 13.8 Å². The molecule has 0 bridgehead atoms. The number of pyridine rings is 1. The predicted octanol–water partition coefficient (Wildman–Crippen LogP) is 0.967. The van der Waals surface area contributed by atoms with E-state index in [9.17, 15) is 9.90 Å². The van der Waals surface area contributed by atoms with E-state index in [-0.39, 0.29) is 12.5 Å². The van der Waals surface area contributed by atoms with Crippen molar-refractivity contribution >= 4 is 17.0 Å². The van der Waals surface area contributed by atoms with Crippen LogP contribution < -0.4 is 5.32 Å². The van der Waals surface area contributed by atoms with Gasteiger partial charge in [-0.1, -0.05) is 5.16 Å². The molecule has 1 unspecified atom stereocenters. The molecule has 0 spiro atoms. The number of ether oxygens (including phenoxy) is 1. The number of aliphatic hydroxyl groups is 1. The zero-order chi connectivity index (χ0) is 15.4. The summed E-state index contributed by atoms with van der Waals surface area (Å²) in [7, 11) is 1.52. The van der Waals surface area contributed by atoms with Crippen molar-refractivity contribution in [3.8, 4) is 0 Å². The minimum Gasteiger partial charge on any atom is -0.391 e. The van der Waals surface area contributed by atoms with Crippen molar-refractivity contribution in [2.75, 3.05) is 20.3 Å². The Morgan fingerprint density at radius 3 is 3.00 bits per heavy atom. The molecule has 21 heavy (non-hydrogen) atoms. The van der Waals surface area contributed by atoms with Gasteiger partial charge in [0.1, 0.15) is 0 Å². The molecule has 2 heterocycles. The number of nitrogens with zero attached hydrogens (tertiary/aromatic N) is 2. The van der Waals surface area contributed by atoms with Gasteiger partial charge in [0.05, 0.1) is 29.4 Å². The molecule has 0 saturated carbocycles. The number of aryl methyl sites for hydroxylation is 2. The maximum absolute atomic E-state index is 12.3. The summed E-state index contributed by atoms with van der Waals surface area (Å²) in [5.74, 6) is -0.235. The number of hydrogen-bond donors (Lipinski definition) is 2. The van der Waals surface area contributed by atoms with Crippen LogP contribution in [-0.4, -0.2) is 47.5 Å². The lowest BCUT2D eigenvalue weighted by atomic mass is 10.1. The van der Waals surface area contributed by atoms with E-state index < -0.39 is 6.10 Å². The fraction of sp³-hybridized carbons (Fsp3) is 0.500. The quantitative estimate of drug-likeness (QED) is 0.823. The van der Waals surface area contributed by atoms with Gasteiger partial charge in [0.15, 0.2) is 0 Å². The molecule has 2 aromatic rings. The van der Waals surface area contributed by atoms with Gasteiger partial charge in [-0.05, 0) is 26.3 Å². The van der Waals surface area contributed by atoms with Crippen LogP contribution in [0.4, 0.5) is 0 Å². The minimum atomic E-state index is -0.591. The molecule has 7 nitrogen and oxygen atoms in total. The Labute approximate surface area is 122 Å². The Balaban J connectivity index is 2.10. The number of carbonyl (C=O) groups is 1. The topological polar surface area (TPSA) is 97.5 Å². The first kappa shape index (κ1) is 15.4. The van der Waals surface area contributed by atoms with Crippen molar-refractivity contribution in [1.29, 1.82) is 0 Å². The van der Waals surface area contributed by atoms with Crippen LogP contribution in [0.25, 0.3) is 11.1 Å². The largest absolute Gasteiger partial charge is 0.391 e. The number of carbonyl (C=O) groups excluding carboxylic acids is 1. The minimum absolute atomic E-state index is 0.235. The summed E-state index contributed by atoms with van der Waals surface area (Å²) in [6, 6.07) is 1.70. The van der Waals surface area contributed by atoms with Crippen molar-refractivity contribution in [2.24, 2.45) is 0 Å². The maximum atomic E-state index is 12.3. The molecule has 0 aliphatic rings. The lowest BCUT2D eigenvalue weighted by Crippen LogP contribution is -2.28. The van der Waals surface area contributed by atoms with Crippen molar-refractivity contribution < 1.29 is 19.2 Å². The van der Waals surface area contributed by atoms with E-state index in [0.29, 0.717) is 41.0 Å². The van der Waals surface area contributed by atoms with Crippen LogP contribution in [0.5, 0.6) is 0 Å². The molecule has 0 aromatic carbocycles. The average Bonchev–Trinajstić information content (AvgIpc) is 2.79. The number of fused-ring (bicyclic) bond motifs is 1. The Morgan fingerprint density at radius 2 is 2.29 bits per heavy atom. The van der Waals surface area contributed by atoms with Gasteiger partial charge in [-0.15, -0.1) is 0 Å². The number of hydrogen-bond acceptors (Lipinski definition) is 6. The predicted molar refractivity (Wildman–Crippen MR) is 76.1 cm³/mol. The molecule has 7 heteroatoms. The third-order valence-electron chi connectivity index (χ3n) is 3.11. The molecular formula is C14H19N3O4. The van der Waals surface area contributed by atoms with Gasteiger partial charge in [-0.3, -0.25) is 4.79 Å². The summed E-state index contributed by atoms with van der Waals surface area (Å²) < 4.78 is 9.93. The Bertz CT molecular complexity index is 638. The first-order chi connectivity index (χ1) is 10.0. The lowest BCUT2D eigenvalue weighted by molar-refractivity contribution is 0.0588. The molecule has 114 valence electrons. The molecule has 0 aliphatic carbocycles. The van der Waals surface area contributed by atoms with E-state index >= 15 is 0 Å². The van der Waals surface area contributed by atoms with Crippen LogP contribution in [0.2, 0.25) is 0 Å². The summed E-state index contributed by atoms with van der Waals surface area (Å²) in [5.41, 5.74) is 2.15. The zero-order valence-corrected chi connectivity index (χ0v) is 12.3. The number of rotatable bonds is 6. The van der Waals surface area contributed by atoms with Crippen molar-refractivity contribution in [2.45, 2.75) is 26.4 Å². The summed E-state index contributed by atoms with van der Waals surface area (Å²) in [5, 5.41) is 16.8. The smallest absolute Gasteiger partial charge is 0.258 e. The second kappa shape index (κ2) is 6.64. The highest BCUT2D eigenvalue weighted by Gasteiger charge is 2.17. The first-order valence-electron chi connectivity index (χ1n) is 6.71. The van der Waals surface area contributed by atoms with E-state index in [1.54, 1.807) is 19.9 Å². The van der Waals surface area contributed by atoms with Crippen LogP contribution in [0.15, 0.2) is 10.6 Å². The lowest BCUT2D eigenvalue weighted by Gasteiger charge is -2.10. The molecule has 2 rings (SSSR count). The highest BCUT2D eigenvalue weighted by atomic mass is 16.5. The third kappa shape index (κ3) is 3.56. The Morgan fingerprint density at radius 1 is 1.52 bits per heavy atom. The molecule has 2 N–H and O–H groups in total.